The maximum absolute atomic E-state index is 6.71. The van der Waals surface area contributed by atoms with E-state index in [1.165, 1.54) is 0 Å². The molecule has 0 aromatic rings. The molecule has 0 saturated carbocycles. The SMILES string of the molecule is [C-]#[N+]C1=C(N)CCCC1. The standard InChI is InChI=1S/C7H10N2/c1-9-7-5-3-2-4-6(7)8/h2-5,8H2. The highest BCUT2D eigenvalue weighted by molar-refractivity contribution is 5.19. The van der Waals surface area contributed by atoms with Crippen molar-refractivity contribution in [3.63, 3.8) is 0 Å². The lowest BCUT2D eigenvalue weighted by Gasteiger charge is -2.10. The maximum atomic E-state index is 6.71. The number of hydrogen-bond donors (Lipinski definition) is 1. The van der Waals surface area contributed by atoms with Crippen molar-refractivity contribution in [1.82, 2.24) is 0 Å². The fraction of sp³-hybridized carbons (Fsp3) is 0.571. The van der Waals surface area contributed by atoms with Crippen LogP contribution in [0.5, 0.6) is 0 Å². The van der Waals surface area contributed by atoms with Crippen molar-refractivity contribution in [2.24, 2.45) is 5.73 Å². The van der Waals surface area contributed by atoms with Crippen molar-refractivity contribution < 1.29 is 0 Å². The van der Waals surface area contributed by atoms with Gasteiger partial charge in [0.25, 0.3) is 0 Å². The molecule has 0 aliphatic heterocycles. The smallest absolute Gasteiger partial charge is 0.183 e. The summed E-state index contributed by atoms with van der Waals surface area (Å²) in [7, 11) is 0. The van der Waals surface area contributed by atoms with Gasteiger partial charge in [-0.25, -0.2) is 4.85 Å². The van der Waals surface area contributed by atoms with Crippen molar-refractivity contribution >= 4 is 0 Å². The summed E-state index contributed by atoms with van der Waals surface area (Å²) in [4.78, 5) is 3.33. The Morgan fingerprint density at radius 1 is 1.33 bits per heavy atom. The van der Waals surface area contributed by atoms with Crippen LogP contribution >= 0.6 is 0 Å². The summed E-state index contributed by atoms with van der Waals surface area (Å²) in [6, 6.07) is 0. The van der Waals surface area contributed by atoms with Crippen molar-refractivity contribution in [3.8, 4) is 0 Å². The molecule has 0 radical (unpaired) electrons. The summed E-state index contributed by atoms with van der Waals surface area (Å²) < 4.78 is 0. The zero-order valence-electron chi connectivity index (χ0n) is 5.35. The van der Waals surface area contributed by atoms with E-state index < -0.39 is 0 Å². The summed E-state index contributed by atoms with van der Waals surface area (Å²) in [6.45, 7) is 6.71. The molecule has 0 heterocycles. The molecule has 2 N–H and O–H groups in total. The maximum Gasteiger partial charge on any atom is 0.183 e. The molecule has 1 aliphatic carbocycles. The van der Waals surface area contributed by atoms with Crippen LogP contribution in [0.15, 0.2) is 11.4 Å². The van der Waals surface area contributed by atoms with Gasteiger partial charge in [-0.1, -0.05) is 6.42 Å². The van der Waals surface area contributed by atoms with Crippen LogP contribution in [0.3, 0.4) is 0 Å². The molecule has 0 fully saturated rings. The van der Waals surface area contributed by atoms with Gasteiger partial charge in [0.05, 0.1) is 6.57 Å². The Morgan fingerprint density at radius 3 is 2.44 bits per heavy atom. The fourth-order valence-electron chi connectivity index (χ4n) is 1.04. The zero-order valence-corrected chi connectivity index (χ0v) is 5.35. The molecule has 0 saturated heterocycles. The van der Waals surface area contributed by atoms with E-state index in [0.29, 0.717) is 0 Å². The largest absolute Gasteiger partial charge is 0.411 e. The van der Waals surface area contributed by atoms with Crippen molar-refractivity contribution in [2.75, 3.05) is 0 Å². The number of nitrogens with zero attached hydrogens (tertiary/aromatic N) is 1. The minimum Gasteiger partial charge on any atom is -0.411 e. The molecule has 1 aliphatic rings. The molecule has 0 unspecified atom stereocenters. The molecule has 0 spiro atoms. The van der Waals surface area contributed by atoms with Crippen molar-refractivity contribution in [2.45, 2.75) is 25.7 Å². The number of nitrogens with two attached hydrogens (primary N) is 1. The summed E-state index contributed by atoms with van der Waals surface area (Å²) >= 11 is 0. The minimum atomic E-state index is 0.793. The summed E-state index contributed by atoms with van der Waals surface area (Å²) in [5, 5.41) is 0. The second kappa shape index (κ2) is 2.54. The topological polar surface area (TPSA) is 30.4 Å². The number of hydrogen-bond acceptors (Lipinski definition) is 1. The van der Waals surface area contributed by atoms with Gasteiger partial charge in [0, 0.05) is 5.70 Å². The van der Waals surface area contributed by atoms with Crippen LogP contribution in [0.2, 0.25) is 0 Å². The molecule has 1 rings (SSSR count). The van der Waals surface area contributed by atoms with E-state index >= 15 is 0 Å². The third-order valence-corrected chi connectivity index (χ3v) is 1.62. The first-order chi connectivity index (χ1) is 4.34. The van der Waals surface area contributed by atoms with Crippen molar-refractivity contribution in [3.05, 3.63) is 22.8 Å². The number of allylic oxidation sites excluding steroid dienone is 2. The van der Waals surface area contributed by atoms with E-state index in [1.807, 2.05) is 0 Å². The summed E-state index contributed by atoms with van der Waals surface area (Å²) in [6.07, 6.45) is 4.12. The highest BCUT2D eigenvalue weighted by Gasteiger charge is 2.08. The van der Waals surface area contributed by atoms with Crippen LogP contribution in [0.1, 0.15) is 25.7 Å². The van der Waals surface area contributed by atoms with Crippen LogP contribution in [-0.2, 0) is 0 Å². The first-order valence-corrected chi connectivity index (χ1v) is 3.19. The highest BCUT2D eigenvalue weighted by atomic mass is 14.7. The molecule has 9 heavy (non-hydrogen) atoms. The van der Waals surface area contributed by atoms with E-state index in [9.17, 15) is 0 Å². The Morgan fingerprint density at radius 2 is 2.00 bits per heavy atom. The van der Waals surface area contributed by atoms with E-state index in [0.717, 1.165) is 37.1 Å². The van der Waals surface area contributed by atoms with E-state index in [1.54, 1.807) is 0 Å². The van der Waals surface area contributed by atoms with Gasteiger partial charge in [-0.3, -0.25) is 0 Å². The van der Waals surface area contributed by atoms with Gasteiger partial charge < -0.3 is 5.73 Å². The molecule has 2 heteroatoms. The van der Waals surface area contributed by atoms with Crippen LogP contribution in [0.4, 0.5) is 0 Å². The van der Waals surface area contributed by atoms with Crippen LogP contribution in [-0.4, -0.2) is 0 Å². The van der Waals surface area contributed by atoms with Gasteiger partial charge in [-0.15, -0.1) is 0 Å². The van der Waals surface area contributed by atoms with E-state index in [4.69, 9.17) is 12.3 Å². The van der Waals surface area contributed by atoms with Crippen molar-refractivity contribution in [1.29, 1.82) is 0 Å². The highest BCUT2D eigenvalue weighted by Crippen LogP contribution is 2.21. The first-order valence-electron chi connectivity index (χ1n) is 3.19. The molecule has 48 valence electrons. The second-order valence-corrected chi connectivity index (χ2v) is 2.29. The monoisotopic (exact) mass is 122 g/mol. The Kier molecular flexibility index (Phi) is 1.74. The third kappa shape index (κ3) is 1.23. The molecular weight excluding hydrogens is 112 g/mol. The Labute approximate surface area is 55.2 Å². The van der Waals surface area contributed by atoms with Gasteiger partial charge >= 0.3 is 0 Å². The quantitative estimate of drug-likeness (QED) is 0.486. The third-order valence-electron chi connectivity index (χ3n) is 1.62. The molecular formula is C7H10N2. The van der Waals surface area contributed by atoms with Gasteiger partial charge in [-0.05, 0) is 19.3 Å². The lowest BCUT2D eigenvalue weighted by Crippen LogP contribution is -2.05. The zero-order chi connectivity index (χ0) is 6.69. The van der Waals surface area contributed by atoms with E-state index in [2.05, 4.69) is 4.85 Å². The van der Waals surface area contributed by atoms with Gasteiger partial charge in [0.1, 0.15) is 0 Å². The van der Waals surface area contributed by atoms with Gasteiger partial charge in [-0.2, -0.15) is 0 Å². The average molecular weight is 122 g/mol. The Balaban J connectivity index is 2.74. The van der Waals surface area contributed by atoms with E-state index in [-0.39, 0.29) is 0 Å². The van der Waals surface area contributed by atoms with Crippen LogP contribution < -0.4 is 5.73 Å². The summed E-state index contributed by atoms with van der Waals surface area (Å²) in [5.74, 6) is 0. The summed E-state index contributed by atoms with van der Waals surface area (Å²) in [5.41, 5.74) is 7.16. The first kappa shape index (κ1) is 6.15. The second-order valence-electron chi connectivity index (χ2n) is 2.29. The van der Waals surface area contributed by atoms with Gasteiger partial charge in [0.15, 0.2) is 5.70 Å². The molecule has 0 aromatic carbocycles. The van der Waals surface area contributed by atoms with Gasteiger partial charge in [0.2, 0.25) is 0 Å². The predicted molar refractivity (Wildman–Crippen MR) is 36.3 cm³/mol. The molecule has 0 atom stereocenters. The normalized spacial score (nSPS) is 19.4. The fourth-order valence-corrected chi connectivity index (χ4v) is 1.04. The predicted octanol–water partition coefficient (Wildman–Crippen LogP) is 1.65. The average Bonchev–Trinajstić information content (AvgIpc) is 1.89. The molecule has 0 bridgehead atoms. The lowest BCUT2D eigenvalue weighted by atomic mass is 10.0. The van der Waals surface area contributed by atoms with Crippen LogP contribution in [0, 0.1) is 6.57 Å². The molecule has 0 aromatic heterocycles. The molecule has 0 amide bonds. The Bertz CT molecular complexity index is 174. The molecule has 2 nitrogen and oxygen atoms in total. The van der Waals surface area contributed by atoms with Crippen LogP contribution in [0.25, 0.3) is 4.85 Å². The minimum absolute atomic E-state index is 0.793. The Hall–Kier alpha value is -0.970. The number of rotatable bonds is 0. The lowest BCUT2D eigenvalue weighted by molar-refractivity contribution is 0.676.